The van der Waals surface area contributed by atoms with Crippen LogP contribution in [-0.4, -0.2) is 6.54 Å². The van der Waals surface area contributed by atoms with Crippen LogP contribution >= 0.6 is 0 Å². The minimum Gasteiger partial charge on any atom is -0.313 e. The van der Waals surface area contributed by atoms with Gasteiger partial charge in [0.1, 0.15) is 0 Å². The second-order valence-electron chi connectivity index (χ2n) is 5.26. The molecule has 100 valence electrons. The second-order valence-corrected chi connectivity index (χ2v) is 5.26. The van der Waals surface area contributed by atoms with Crippen molar-refractivity contribution >= 4 is 0 Å². The molecule has 0 saturated heterocycles. The Balaban J connectivity index is 1.71. The molecule has 0 heterocycles. The molecule has 2 rings (SSSR count). The quantitative estimate of drug-likeness (QED) is 0.758. The molecule has 0 spiro atoms. The summed E-state index contributed by atoms with van der Waals surface area (Å²) in [7, 11) is 0. The normalized spacial score (nSPS) is 12.3. The maximum absolute atomic E-state index is 3.52. The van der Waals surface area contributed by atoms with Crippen molar-refractivity contribution in [3.63, 3.8) is 0 Å². The van der Waals surface area contributed by atoms with Gasteiger partial charge in [0.05, 0.1) is 0 Å². The Morgan fingerprint density at radius 1 is 0.947 bits per heavy atom. The molecule has 0 saturated carbocycles. The monoisotopic (exact) mass is 253 g/mol. The first-order valence-electron chi connectivity index (χ1n) is 7.07. The SMILES string of the molecule is Cc1ccc(CNCCC(C)c2ccccc2)cc1. The molecule has 1 N–H and O–H groups in total. The van der Waals surface area contributed by atoms with E-state index in [1.807, 2.05) is 0 Å². The van der Waals surface area contributed by atoms with Crippen molar-refractivity contribution in [3.8, 4) is 0 Å². The minimum atomic E-state index is 0.617. The second kappa shape index (κ2) is 7.10. The van der Waals surface area contributed by atoms with E-state index in [0.29, 0.717) is 5.92 Å². The van der Waals surface area contributed by atoms with Gasteiger partial charge in [-0.1, -0.05) is 67.1 Å². The van der Waals surface area contributed by atoms with E-state index in [-0.39, 0.29) is 0 Å². The Hall–Kier alpha value is -1.60. The summed E-state index contributed by atoms with van der Waals surface area (Å²) in [5.74, 6) is 0.617. The van der Waals surface area contributed by atoms with Crippen LogP contribution in [0, 0.1) is 6.92 Å². The largest absolute Gasteiger partial charge is 0.313 e. The summed E-state index contributed by atoms with van der Waals surface area (Å²) in [5.41, 5.74) is 4.11. The predicted molar refractivity (Wildman–Crippen MR) is 82.4 cm³/mol. The number of benzene rings is 2. The van der Waals surface area contributed by atoms with Crippen molar-refractivity contribution in [2.24, 2.45) is 0 Å². The van der Waals surface area contributed by atoms with Gasteiger partial charge in [-0.05, 0) is 36.9 Å². The molecule has 2 aromatic carbocycles. The van der Waals surface area contributed by atoms with Gasteiger partial charge in [-0.3, -0.25) is 0 Å². The molecule has 2 aromatic rings. The van der Waals surface area contributed by atoms with Crippen LogP contribution in [0.25, 0.3) is 0 Å². The molecule has 1 atom stereocenters. The van der Waals surface area contributed by atoms with Gasteiger partial charge in [0, 0.05) is 6.54 Å². The third kappa shape index (κ3) is 4.53. The van der Waals surface area contributed by atoms with Gasteiger partial charge < -0.3 is 5.32 Å². The molecular formula is C18H23N. The van der Waals surface area contributed by atoms with E-state index in [9.17, 15) is 0 Å². The van der Waals surface area contributed by atoms with Crippen molar-refractivity contribution in [3.05, 3.63) is 71.3 Å². The average Bonchev–Trinajstić information content (AvgIpc) is 2.46. The van der Waals surface area contributed by atoms with Crippen LogP contribution in [0.5, 0.6) is 0 Å². The Morgan fingerprint density at radius 2 is 1.63 bits per heavy atom. The zero-order valence-corrected chi connectivity index (χ0v) is 11.9. The third-order valence-corrected chi connectivity index (χ3v) is 3.57. The van der Waals surface area contributed by atoms with Crippen LogP contribution in [0.15, 0.2) is 54.6 Å². The van der Waals surface area contributed by atoms with Crippen molar-refractivity contribution in [1.29, 1.82) is 0 Å². The molecule has 19 heavy (non-hydrogen) atoms. The maximum atomic E-state index is 3.52. The summed E-state index contributed by atoms with van der Waals surface area (Å²) in [6, 6.07) is 19.5. The standard InChI is InChI=1S/C18H23N/c1-15-8-10-17(11-9-15)14-19-13-12-16(2)18-6-4-3-5-7-18/h3-11,16,19H,12-14H2,1-2H3. The van der Waals surface area contributed by atoms with Gasteiger partial charge in [-0.2, -0.15) is 0 Å². The zero-order chi connectivity index (χ0) is 13.5. The first-order valence-corrected chi connectivity index (χ1v) is 7.07. The fourth-order valence-electron chi connectivity index (χ4n) is 2.21. The molecule has 0 aliphatic rings. The summed E-state index contributed by atoms with van der Waals surface area (Å²) < 4.78 is 0. The lowest BCUT2D eigenvalue weighted by molar-refractivity contribution is 0.594. The maximum Gasteiger partial charge on any atom is 0.0205 e. The third-order valence-electron chi connectivity index (χ3n) is 3.57. The van der Waals surface area contributed by atoms with Gasteiger partial charge in [-0.25, -0.2) is 0 Å². The molecule has 0 amide bonds. The topological polar surface area (TPSA) is 12.0 Å². The Labute approximate surface area is 116 Å². The van der Waals surface area contributed by atoms with Crippen LogP contribution < -0.4 is 5.32 Å². The fraction of sp³-hybridized carbons (Fsp3) is 0.333. The smallest absolute Gasteiger partial charge is 0.0205 e. The Morgan fingerprint density at radius 3 is 2.32 bits per heavy atom. The lowest BCUT2D eigenvalue weighted by Gasteiger charge is -2.12. The summed E-state index contributed by atoms with van der Waals surface area (Å²) in [4.78, 5) is 0. The molecule has 0 aliphatic carbocycles. The highest BCUT2D eigenvalue weighted by molar-refractivity contribution is 5.21. The highest BCUT2D eigenvalue weighted by atomic mass is 14.8. The summed E-state index contributed by atoms with van der Waals surface area (Å²) in [6.45, 7) is 6.44. The van der Waals surface area contributed by atoms with E-state index in [4.69, 9.17) is 0 Å². The van der Waals surface area contributed by atoms with Gasteiger partial charge in [0.25, 0.3) is 0 Å². The van der Waals surface area contributed by atoms with Crippen molar-refractivity contribution in [1.82, 2.24) is 5.32 Å². The van der Waals surface area contributed by atoms with E-state index >= 15 is 0 Å². The summed E-state index contributed by atoms with van der Waals surface area (Å²) in [5, 5.41) is 3.52. The van der Waals surface area contributed by atoms with Gasteiger partial charge in [-0.15, -0.1) is 0 Å². The number of hydrogen-bond acceptors (Lipinski definition) is 1. The fourth-order valence-corrected chi connectivity index (χ4v) is 2.21. The van der Waals surface area contributed by atoms with Crippen LogP contribution in [0.1, 0.15) is 36.0 Å². The Kier molecular flexibility index (Phi) is 5.17. The number of aryl methyl sites for hydroxylation is 1. The lowest BCUT2D eigenvalue weighted by Crippen LogP contribution is -2.16. The molecule has 0 bridgehead atoms. The van der Waals surface area contributed by atoms with Crippen LogP contribution in [0.3, 0.4) is 0 Å². The van der Waals surface area contributed by atoms with E-state index in [1.54, 1.807) is 0 Å². The number of rotatable bonds is 6. The Bertz CT molecular complexity index is 473. The predicted octanol–water partition coefficient (Wildman–Crippen LogP) is 4.28. The zero-order valence-electron chi connectivity index (χ0n) is 11.9. The van der Waals surface area contributed by atoms with Crippen LogP contribution in [-0.2, 0) is 6.54 Å². The van der Waals surface area contributed by atoms with Crippen LogP contribution in [0.4, 0.5) is 0 Å². The highest BCUT2D eigenvalue weighted by Crippen LogP contribution is 2.17. The molecule has 1 heteroatoms. The molecular weight excluding hydrogens is 230 g/mol. The number of nitrogens with one attached hydrogen (secondary N) is 1. The molecule has 0 aromatic heterocycles. The average molecular weight is 253 g/mol. The molecule has 1 unspecified atom stereocenters. The molecule has 1 nitrogen and oxygen atoms in total. The van der Waals surface area contributed by atoms with Crippen molar-refractivity contribution < 1.29 is 0 Å². The van der Waals surface area contributed by atoms with Gasteiger partial charge in [0.15, 0.2) is 0 Å². The van der Waals surface area contributed by atoms with E-state index in [1.165, 1.54) is 23.1 Å². The lowest BCUT2D eigenvalue weighted by atomic mass is 9.98. The van der Waals surface area contributed by atoms with E-state index < -0.39 is 0 Å². The van der Waals surface area contributed by atoms with Gasteiger partial charge >= 0.3 is 0 Å². The van der Waals surface area contributed by atoms with Crippen LogP contribution in [0.2, 0.25) is 0 Å². The summed E-state index contributed by atoms with van der Waals surface area (Å²) >= 11 is 0. The first kappa shape index (κ1) is 13.8. The number of hydrogen-bond donors (Lipinski definition) is 1. The molecule has 0 radical (unpaired) electrons. The van der Waals surface area contributed by atoms with E-state index in [0.717, 1.165) is 13.1 Å². The molecule has 0 fully saturated rings. The first-order chi connectivity index (χ1) is 9.25. The highest BCUT2D eigenvalue weighted by Gasteiger charge is 2.03. The van der Waals surface area contributed by atoms with E-state index in [2.05, 4.69) is 73.8 Å². The summed E-state index contributed by atoms with van der Waals surface area (Å²) in [6.07, 6.45) is 1.18. The van der Waals surface area contributed by atoms with Crippen molar-refractivity contribution in [2.75, 3.05) is 6.54 Å². The van der Waals surface area contributed by atoms with Crippen molar-refractivity contribution in [2.45, 2.75) is 32.7 Å². The minimum absolute atomic E-state index is 0.617. The van der Waals surface area contributed by atoms with Gasteiger partial charge in [0.2, 0.25) is 0 Å². The molecule has 0 aliphatic heterocycles.